The number of rotatable bonds is 6. The maximum Gasteiger partial charge on any atom is 0.229 e. The van der Waals surface area contributed by atoms with E-state index in [1.807, 2.05) is 12.1 Å². The van der Waals surface area contributed by atoms with Crippen molar-refractivity contribution in [3.8, 4) is 17.2 Å². The third-order valence-electron chi connectivity index (χ3n) is 4.54. The Morgan fingerprint density at radius 2 is 1.67 bits per heavy atom. The molecule has 1 aliphatic heterocycles. The van der Waals surface area contributed by atoms with Gasteiger partial charge in [0, 0.05) is 24.7 Å². The Morgan fingerprint density at radius 3 is 2.30 bits per heavy atom. The Morgan fingerprint density at radius 1 is 1.00 bits per heavy atom. The first kappa shape index (κ1) is 18.6. The summed E-state index contributed by atoms with van der Waals surface area (Å²) in [7, 11) is 4.67. The largest absolute Gasteiger partial charge is 0.497 e. The Bertz CT molecular complexity index is 835. The number of amides is 2. The molecule has 7 nitrogen and oxygen atoms in total. The highest BCUT2D eigenvalue weighted by atomic mass is 16.5. The second-order valence-electron chi connectivity index (χ2n) is 6.16. The molecule has 0 radical (unpaired) electrons. The highest BCUT2D eigenvalue weighted by Crippen LogP contribution is 2.31. The molecular weight excluding hydrogens is 348 g/mol. The number of carbonyl (C=O) groups is 2. The van der Waals surface area contributed by atoms with E-state index in [9.17, 15) is 9.59 Å². The molecule has 0 spiro atoms. The van der Waals surface area contributed by atoms with E-state index < -0.39 is 5.92 Å². The molecule has 2 amide bonds. The number of hydrogen-bond donors (Lipinski definition) is 1. The first-order valence-corrected chi connectivity index (χ1v) is 8.53. The van der Waals surface area contributed by atoms with Gasteiger partial charge in [-0.2, -0.15) is 0 Å². The lowest BCUT2D eigenvalue weighted by Crippen LogP contribution is -2.28. The normalized spacial score (nSPS) is 16.2. The molecule has 0 bridgehead atoms. The minimum atomic E-state index is -0.449. The summed E-state index contributed by atoms with van der Waals surface area (Å²) in [6, 6.07) is 12.4. The zero-order chi connectivity index (χ0) is 19.4. The van der Waals surface area contributed by atoms with Crippen LogP contribution in [-0.4, -0.2) is 39.7 Å². The topological polar surface area (TPSA) is 77.1 Å². The molecule has 2 aromatic rings. The fraction of sp³-hybridized carbons (Fsp3) is 0.300. The lowest BCUT2D eigenvalue weighted by Gasteiger charge is -2.17. The summed E-state index contributed by atoms with van der Waals surface area (Å²) in [4.78, 5) is 26.7. The van der Waals surface area contributed by atoms with Gasteiger partial charge in [-0.05, 0) is 36.4 Å². The molecule has 7 heteroatoms. The summed E-state index contributed by atoms with van der Waals surface area (Å²) in [5.41, 5.74) is 1.26. The molecular formula is C20H22N2O5. The van der Waals surface area contributed by atoms with Gasteiger partial charge in [0.15, 0.2) is 0 Å². The SMILES string of the molecule is COc1ccc(N2CC(C(=O)Nc3cc(OC)ccc3OC)CC2=O)cc1. The van der Waals surface area contributed by atoms with Crippen molar-refractivity contribution in [2.75, 3.05) is 38.1 Å². The van der Waals surface area contributed by atoms with Gasteiger partial charge in [-0.25, -0.2) is 0 Å². The van der Waals surface area contributed by atoms with Crippen molar-refractivity contribution < 1.29 is 23.8 Å². The molecule has 0 aliphatic carbocycles. The number of anilines is 2. The Hall–Kier alpha value is -3.22. The van der Waals surface area contributed by atoms with Crippen LogP contribution in [0.1, 0.15) is 6.42 Å². The Balaban J connectivity index is 1.72. The predicted molar refractivity (Wildman–Crippen MR) is 102 cm³/mol. The van der Waals surface area contributed by atoms with Crippen LogP contribution in [-0.2, 0) is 9.59 Å². The molecule has 0 saturated carbocycles. The van der Waals surface area contributed by atoms with Crippen molar-refractivity contribution in [1.29, 1.82) is 0 Å². The summed E-state index contributed by atoms with van der Waals surface area (Å²) in [6.07, 6.45) is 0.157. The van der Waals surface area contributed by atoms with Gasteiger partial charge >= 0.3 is 0 Å². The molecule has 2 aromatic carbocycles. The van der Waals surface area contributed by atoms with Gasteiger partial charge in [0.05, 0.1) is 32.9 Å². The van der Waals surface area contributed by atoms with E-state index in [1.54, 1.807) is 49.5 Å². The van der Waals surface area contributed by atoms with Gasteiger partial charge in [-0.3, -0.25) is 9.59 Å². The van der Waals surface area contributed by atoms with E-state index in [1.165, 1.54) is 7.11 Å². The molecule has 3 rings (SSSR count). The van der Waals surface area contributed by atoms with E-state index in [0.29, 0.717) is 29.5 Å². The van der Waals surface area contributed by atoms with Gasteiger partial charge in [0.1, 0.15) is 17.2 Å². The molecule has 1 aliphatic rings. The van der Waals surface area contributed by atoms with Gasteiger partial charge in [-0.15, -0.1) is 0 Å². The zero-order valence-electron chi connectivity index (χ0n) is 15.5. The van der Waals surface area contributed by atoms with E-state index in [2.05, 4.69) is 5.32 Å². The van der Waals surface area contributed by atoms with Crippen LogP contribution >= 0.6 is 0 Å². The number of hydrogen-bond acceptors (Lipinski definition) is 5. The van der Waals surface area contributed by atoms with Crippen molar-refractivity contribution in [2.24, 2.45) is 5.92 Å². The monoisotopic (exact) mass is 370 g/mol. The molecule has 1 heterocycles. The van der Waals surface area contributed by atoms with Gasteiger partial charge in [-0.1, -0.05) is 0 Å². The third kappa shape index (κ3) is 3.97. The number of methoxy groups -OCH3 is 3. The quantitative estimate of drug-likeness (QED) is 0.846. The summed E-state index contributed by atoms with van der Waals surface area (Å²) in [6.45, 7) is 0.323. The van der Waals surface area contributed by atoms with E-state index >= 15 is 0 Å². The van der Waals surface area contributed by atoms with Crippen LogP contribution in [0.4, 0.5) is 11.4 Å². The molecule has 1 atom stereocenters. The average Bonchev–Trinajstić information content (AvgIpc) is 3.09. The molecule has 142 valence electrons. The van der Waals surface area contributed by atoms with Crippen molar-refractivity contribution in [1.82, 2.24) is 0 Å². The first-order chi connectivity index (χ1) is 13.0. The first-order valence-electron chi connectivity index (χ1n) is 8.53. The van der Waals surface area contributed by atoms with Crippen molar-refractivity contribution in [3.63, 3.8) is 0 Å². The number of nitrogens with one attached hydrogen (secondary N) is 1. The Kier molecular flexibility index (Phi) is 5.49. The Labute approximate surface area is 157 Å². The van der Waals surface area contributed by atoms with Gasteiger partial charge in [0.2, 0.25) is 11.8 Å². The second-order valence-corrected chi connectivity index (χ2v) is 6.16. The van der Waals surface area contributed by atoms with Crippen LogP contribution in [0, 0.1) is 5.92 Å². The number of ether oxygens (including phenoxy) is 3. The molecule has 27 heavy (non-hydrogen) atoms. The van der Waals surface area contributed by atoms with Crippen molar-refractivity contribution in [2.45, 2.75) is 6.42 Å². The average molecular weight is 370 g/mol. The molecule has 1 fully saturated rings. The highest BCUT2D eigenvalue weighted by molar-refractivity contribution is 6.04. The highest BCUT2D eigenvalue weighted by Gasteiger charge is 2.35. The molecule has 0 aromatic heterocycles. The van der Waals surface area contributed by atoms with Crippen molar-refractivity contribution in [3.05, 3.63) is 42.5 Å². The fourth-order valence-corrected chi connectivity index (χ4v) is 3.04. The molecule has 1 N–H and O–H groups in total. The van der Waals surface area contributed by atoms with E-state index in [-0.39, 0.29) is 18.2 Å². The van der Waals surface area contributed by atoms with Crippen LogP contribution in [0.3, 0.4) is 0 Å². The standard InChI is InChI=1S/C20H22N2O5/c1-25-15-6-4-14(5-7-15)22-12-13(10-19(22)23)20(24)21-17-11-16(26-2)8-9-18(17)27-3/h4-9,11,13H,10,12H2,1-3H3,(H,21,24). The lowest BCUT2D eigenvalue weighted by atomic mass is 10.1. The summed E-state index contributed by atoms with van der Waals surface area (Å²) in [5, 5.41) is 2.85. The zero-order valence-corrected chi connectivity index (χ0v) is 15.5. The van der Waals surface area contributed by atoms with Gasteiger partial charge in [0.25, 0.3) is 0 Å². The third-order valence-corrected chi connectivity index (χ3v) is 4.54. The second kappa shape index (κ2) is 7.99. The summed E-state index contributed by atoms with van der Waals surface area (Å²) >= 11 is 0. The van der Waals surface area contributed by atoms with Gasteiger partial charge < -0.3 is 24.4 Å². The number of carbonyl (C=O) groups excluding carboxylic acids is 2. The maximum absolute atomic E-state index is 12.7. The van der Waals surface area contributed by atoms with Crippen LogP contribution in [0.5, 0.6) is 17.2 Å². The number of benzene rings is 2. The summed E-state index contributed by atoms with van der Waals surface area (Å²) < 4.78 is 15.6. The van der Waals surface area contributed by atoms with Crippen LogP contribution < -0.4 is 24.4 Å². The smallest absolute Gasteiger partial charge is 0.229 e. The van der Waals surface area contributed by atoms with Crippen LogP contribution in [0.25, 0.3) is 0 Å². The van der Waals surface area contributed by atoms with Crippen LogP contribution in [0.15, 0.2) is 42.5 Å². The maximum atomic E-state index is 12.7. The minimum absolute atomic E-state index is 0.0853. The van der Waals surface area contributed by atoms with Crippen LogP contribution in [0.2, 0.25) is 0 Å². The van der Waals surface area contributed by atoms with E-state index in [4.69, 9.17) is 14.2 Å². The van der Waals surface area contributed by atoms with E-state index in [0.717, 1.165) is 5.69 Å². The molecule has 1 saturated heterocycles. The molecule has 1 unspecified atom stereocenters. The number of nitrogens with zero attached hydrogens (tertiary/aromatic N) is 1. The van der Waals surface area contributed by atoms with Crippen molar-refractivity contribution >= 4 is 23.2 Å². The lowest BCUT2D eigenvalue weighted by molar-refractivity contribution is -0.122. The predicted octanol–water partition coefficient (Wildman–Crippen LogP) is 2.70. The summed E-state index contributed by atoms with van der Waals surface area (Å²) in [5.74, 6) is 1.08. The fourth-order valence-electron chi connectivity index (χ4n) is 3.04. The minimum Gasteiger partial charge on any atom is -0.497 e.